The fourth-order valence-electron chi connectivity index (χ4n) is 2.58. The Balaban J connectivity index is 2.93. The van der Waals surface area contributed by atoms with Gasteiger partial charge in [-0.1, -0.05) is 0 Å². The van der Waals surface area contributed by atoms with Crippen LogP contribution < -0.4 is 5.32 Å². The molecule has 0 radical (unpaired) electrons. The maximum atomic E-state index is 11.7. The SMILES string of the molecule is COC(=O)CCc1c(C)c(C(O)CNC(=O)OC(C)(C)C)cc(C)c1O. The van der Waals surface area contributed by atoms with Gasteiger partial charge in [-0.05, 0) is 69.4 Å². The first-order valence-electron chi connectivity index (χ1n) is 8.50. The van der Waals surface area contributed by atoms with Crippen molar-refractivity contribution in [3.63, 3.8) is 0 Å². The first-order chi connectivity index (χ1) is 12.0. The Kier molecular flexibility index (Phi) is 7.44. The minimum Gasteiger partial charge on any atom is -0.507 e. The first kappa shape index (κ1) is 21.8. The van der Waals surface area contributed by atoms with Gasteiger partial charge >= 0.3 is 12.1 Å². The van der Waals surface area contributed by atoms with E-state index >= 15 is 0 Å². The molecule has 1 unspecified atom stereocenters. The molecule has 0 fully saturated rings. The highest BCUT2D eigenvalue weighted by Gasteiger charge is 2.21. The number of methoxy groups -OCH3 is 1. The van der Waals surface area contributed by atoms with Gasteiger partial charge in [0, 0.05) is 6.42 Å². The van der Waals surface area contributed by atoms with Crippen LogP contribution in [0, 0.1) is 13.8 Å². The molecule has 0 aliphatic heterocycles. The zero-order valence-electron chi connectivity index (χ0n) is 16.3. The number of nitrogens with one attached hydrogen (secondary N) is 1. The van der Waals surface area contributed by atoms with Gasteiger partial charge in [-0.15, -0.1) is 0 Å². The van der Waals surface area contributed by atoms with Crippen LogP contribution in [0.3, 0.4) is 0 Å². The molecule has 0 aromatic heterocycles. The van der Waals surface area contributed by atoms with Crippen LogP contribution in [-0.2, 0) is 20.7 Å². The topological polar surface area (TPSA) is 105 Å². The standard InChI is InChI=1S/C19H29NO6/c1-11-9-14(15(21)10-20-18(24)26-19(3,4)5)12(2)13(17(11)23)7-8-16(22)25-6/h9,15,21,23H,7-8,10H2,1-6H3,(H,20,24). The number of amides is 1. The van der Waals surface area contributed by atoms with Crippen LogP contribution in [0.2, 0.25) is 0 Å². The fraction of sp³-hybridized carbons (Fsp3) is 0.579. The van der Waals surface area contributed by atoms with Gasteiger partial charge in [0.1, 0.15) is 11.4 Å². The summed E-state index contributed by atoms with van der Waals surface area (Å²) in [5, 5.41) is 23.3. The minimum absolute atomic E-state index is 0.0313. The third-order valence-corrected chi connectivity index (χ3v) is 3.92. The summed E-state index contributed by atoms with van der Waals surface area (Å²) in [6.07, 6.45) is -1.17. The van der Waals surface area contributed by atoms with Crippen molar-refractivity contribution >= 4 is 12.1 Å². The van der Waals surface area contributed by atoms with E-state index in [0.717, 1.165) is 0 Å². The van der Waals surface area contributed by atoms with Crippen LogP contribution in [0.5, 0.6) is 5.75 Å². The molecule has 0 aliphatic rings. The number of phenols is 1. The van der Waals surface area contributed by atoms with Crippen LogP contribution in [0.4, 0.5) is 4.79 Å². The molecule has 1 amide bonds. The average Bonchev–Trinajstić information content (AvgIpc) is 2.54. The second-order valence-electron chi connectivity index (χ2n) is 7.21. The molecular formula is C19H29NO6. The lowest BCUT2D eigenvalue weighted by molar-refractivity contribution is -0.140. The Morgan fingerprint density at radius 3 is 2.42 bits per heavy atom. The third kappa shape index (κ3) is 6.22. The molecule has 0 saturated heterocycles. The molecule has 1 aromatic rings. The number of aryl methyl sites for hydroxylation is 1. The van der Waals surface area contributed by atoms with Gasteiger partial charge in [0.25, 0.3) is 0 Å². The summed E-state index contributed by atoms with van der Waals surface area (Å²) in [5.74, 6) is -0.276. The molecule has 26 heavy (non-hydrogen) atoms. The van der Waals surface area contributed by atoms with Crippen molar-refractivity contribution in [3.05, 3.63) is 28.3 Å². The van der Waals surface area contributed by atoms with E-state index in [1.165, 1.54) is 7.11 Å². The number of carbonyl (C=O) groups is 2. The molecule has 0 spiro atoms. The van der Waals surface area contributed by atoms with Crippen molar-refractivity contribution in [3.8, 4) is 5.75 Å². The molecule has 1 aromatic carbocycles. The molecule has 0 bridgehead atoms. The van der Waals surface area contributed by atoms with Crippen LogP contribution in [0.25, 0.3) is 0 Å². The number of carbonyl (C=O) groups excluding carboxylic acids is 2. The largest absolute Gasteiger partial charge is 0.507 e. The zero-order chi connectivity index (χ0) is 20.1. The predicted octanol–water partition coefficient (Wildman–Crippen LogP) is 2.67. The van der Waals surface area contributed by atoms with E-state index in [1.54, 1.807) is 40.7 Å². The highest BCUT2D eigenvalue weighted by Crippen LogP contribution is 2.32. The van der Waals surface area contributed by atoms with Gasteiger partial charge in [-0.2, -0.15) is 0 Å². The number of phenolic OH excluding ortho intramolecular Hbond substituents is 1. The number of ether oxygens (including phenoxy) is 2. The summed E-state index contributed by atoms with van der Waals surface area (Å²) in [6.45, 7) is 8.71. The van der Waals surface area contributed by atoms with Gasteiger partial charge in [0.05, 0.1) is 19.8 Å². The lowest BCUT2D eigenvalue weighted by atomic mass is 9.92. The smallest absolute Gasteiger partial charge is 0.407 e. The molecule has 146 valence electrons. The highest BCUT2D eigenvalue weighted by atomic mass is 16.6. The summed E-state index contributed by atoms with van der Waals surface area (Å²) in [6, 6.07) is 1.67. The number of rotatable bonds is 6. The predicted molar refractivity (Wildman–Crippen MR) is 97.1 cm³/mol. The molecule has 7 nitrogen and oxygen atoms in total. The third-order valence-electron chi connectivity index (χ3n) is 3.92. The molecule has 0 aliphatic carbocycles. The Hall–Kier alpha value is -2.28. The fourth-order valence-corrected chi connectivity index (χ4v) is 2.58. The lowest BCUT2D eigenvalue weighted by Crippen LogP contribution is -2.35. The minimum atomic E-state index is -0.973. The first-order valence-corrected chi connectivity index (χ1v) is 8.50. The van der Waals surface area contributed by atoms with E-state index in [2.05, 4.69) is 10.1 Å². The van der Waals surface area contributed by atoms with E-state index in [4.69, 9.17) is 4.74 Å². The van der Waals surface area contributed by atoms with Gasteiger partial charge in [0.15, 0.2) is 0 Å². The highest BCUT2D eigenvalue weighted by molar-refractivity contribution is 5.70. The van der Waals surface area contributed by atoms with Crippen molar-refractivity contribution < 1.29 is 29.3 Å². The second-order valence-corrected chi connectivity index (χ2v) is 7.21. The number of benzene rings is 1. The Bertz CT molecular complexity index is 663. The van der Waals surface area contributed by atoms with Crippen molar-refractivity contribution in [1.82, 2.24) is 5.32 Å². The molecule has 3 N–H and O–H groups in total. The zero-order valence-corrected chi connectivity index (χ0v) is 16.3. The summed E-state index contributed by atoms with van der Waals surface area (Å²) in [5.41, 5.74) is 1.80. The quantitative estimate of drug-likeness (QED) is 0.668. The molecule has 0 heterocycles. The van der Waals surface area contributed by atoms with E-state index in [0.29, 0.717) is 28.7 Å². The lowest BCUT2D eigenvalue weighted by Gasteiger charge is -2.22. The van der Waals surface area contributed by atoms with Crippen molar-refractivity contribution in [1.29, 1.82) is 0 Å². The molecule has 1 rings (SSSR count). The Labute approximate surface area is 154 Å². The number of aliphatic hydroxyl groups excluding tert-OH is 1. The van der Waals surface area contributed by atoms with E-state index in [-0.39, 0.29) is 24.7 Å². The van der Waals surface area contributed by atoms with Gasteiger partial charge in [-0.25, -0.2) is 4.79 Å². The monoisotopic (exact) mass is 367 g/mol. The number of hydrogen-bond acceptors (Lipinski definition) is 6. The Morgan fingerprint density at radius 2 is 1.88 bits per heavy atom. The van der Waals surface area contributed by atoms with Crippen LogP contribution >= 0.6 is 0 Å². The summed E-state index contributed by atoms with van der Waals surface area (Å²) in [7, 11) is 1.31. The van der Waals surface area contributed by atoms with Gasteiger partial charge < -0.3 is 25.0 Å². The second kappa shape index (κ2) is 8.89. The number of esters is 1. The maximum absolute atomic E-state index is 11.7. The van der Waals surface area contributed by atoms with Crippen molar-refractivity contribution in [2.24, 2.45) is 0 Å². The number of aromatic hydroxyl groups is 1. The number of hydrogen-bond donors (Lipinski definition) is 3. The average molecular weight is 367 g/mol. The number of aliphatic hydroxyl groups is 1. The van der Waals surface area contributed by atoms with E-state index < -0.39 is 17.8 Å². The maximum Gasteiger partial charge on any atom is 0.407 e. The van der Waals surface area contributed by atoms with Gasteiger partial charge in [-0.3, -0.25) is 4.79 Å². The van der Waals surface area contributed by atoms with Gasteiger partial charge in [0.2, 0.25) is 0 Å². The van der Waals surface area contributed by atoms with E-state index in [9.17, 15) is 19.8 Å². The van der Waals surface area contributed by atoms with Crippen LogP contribution in [0.15, 0.2) is 6.07 Å². The normalized spacial score (nSPS) is 12.4. The Morgan fingerprint density at radius 1 is 1.27 bits per heavy atom. The van der Waals surface area contributed by atoms with E-state index in [1.807, 2.05) is 0 Å². The number of alkyl carbamates (subject to hydrolysis) is 1. The molecule has 0 saturated carbocycles. The summed E-state index contributed by atoms with van der Waals surface area (Å²) in [4.78, 5) is 23.1. The van der Waals surface area contributed by atoms with Crippen molar-refractivity contribution in [2.75, 3.05) is 13.7 Å². The molecule has 1 atom stereocenters. The molecular weight excluding hydrogens is 338 g/mol. The van der Waals surface area contributed by atoms with Crippen LogP contribution in [-0.4, -0.2) is 41.5 Å². The summed E-state index contributed by atoms with van der Waals surface area (Å²) < 4.78 is 9.78. The van der Waals surface area contributed by atoms with Crippen LogP contribution in [0.1, 0.15) is 55.5 Å². The van der Waals surface area contributed by atoms with Crippen molar-refractivity contribution in [2.45, 2.75) is 59.2 Å². The summed E-state index contributed by atoms with van der Waals surface area (Å²) >= 11 is 0. The molecule has 7 heteroatoms.